The van der Waals surface area contributed by atoms with E-state index in [9.17, 15) is 5.11 Å². The van der Waals surface area contributed by atoms with Crippen molar-refractivity contribution in [1.29, 1.82) is 0 Å². The largest absolute Gasteiger partial charge is 0.507 e. The summed E-state index contributed by atoms with van der Waals surface area (Å²) in [6, 6.07) is 5.34. The second kappa shape index (κ2) is 3.94. The highest BCUT2D eigenvalue weighted by Gasteiger charge is 2.08. The van der Waals surface area contributed by atoms with Crippen molar-refractivity contribution < 1.29 is 5.11 Å². The van der Waals surface area contributed by atoms with E-state index in [2.05, 4.69) is 20.1 Å². The first-order valence-corrected chi connectivity index (χ1v) is 4.10. The molecular weight excluding hydrogens is 160 g/mol. The molecule has 1 radical (unpaired) electrons. The molecule has 1 rings (SSSR count). The highest BCUT2D eigenvalue weighted by Crippen LogP contribution is 2.28. The van der Waals surface area contributed by atoms with Gasteiger partial charge in [0.2, 0.25) is 0 Å². The molecule has 1 aromatic rings. The third-order valence-electron chi connectivity index (χ3n) is 2.00. The molecule has 0 aliphatic rings. The van der Waals surface area contributed by atoms with Gasteiger partial charge in [-0.2, -0.15) is 0 Å². The molecule has 1 atom stereocenters. The van der Waals surface area contributed by atoms with Crippen molar-refractivity contribution in [2.45, 2.75) is 5.92 Å². The first-order chi connectivity index (χ1) is 6.20. The van der Waals surface area contributed by atoms with E-state index in [1.807, 2.05) is 6.07 Å². The van der Waals surface area contributed by atoms with E-state index in [0.717, 1.165) is 11.1 Å². The summed E-state index contributed by atoms with van der Waals surface area (Å²) in [6.45, 7) is 11.2. The van der Waals surface area contributed by atoms with Crippen LogP contribution in [-0.2, 0) is 0 Å². The smallest absolute Gasteiger partial charge is 0.123 e. The molecule has 67 valence electrons. The van der Waals surface area contributed by atoms with Gasteiger partial charge in [-0.15, -0.1) is 6.58 Å². The molecule has 0 saturated carbocycles. The van der Waals surface area contributed by atoms with Gasteiger partial charge in [-0.05, 0) is 18.6 Å². The third-order valence-corrected chi connectivity index (χ3v) is 2.00. The van der Waals surface area contributed by atoms with Gasteiger partial charge in [0, 0.05) is 11.5 Å². The van der Waals surface area contributed by atoms with Crippen molar-refractivity contribution in [3.05, 3.63) is 55.5 Å². The van der Waals surface area contributed by atoms with Crippen LogP contribution in [0.5, 0.6) is 5.75 Å². The zero-order valence-corrected chi connectivity index (χ0v) is 7.53. The van der Waals surface area contributed by atoms with Gasteiger partial charge in [0.15, 0.2) is 0 Å². The Morgan fingerprint density at radius 2 is 2.00 bits per heavy atom. The molecule has 1 nitrogen and oxygen atoms in total. The second-order valence-corrected chi connectivity index (χ2v) is 2.83. The van der Waals surface area contributed by atoms with Gasteiger partial charge in [-0.25, -0.2) is 0 Å². The standard InChI is InChI=1S/C12H13O/c1-4-9(3)11-7-6-8-12(13)10(11)5-2/h4-9,13H,1-3H2. The lowest BCUT2D eigenvalue weighted by Crippen LogP contribution is -1.92. The van der Waals surface area contributed by atoms with E-state index >= 15 is 0 Å². The molecule has 0 amide bonds. The Morgan fingerprint density at radius 3 is 2.54 bits per heavy atom. The molecular formula is C12H13O. The third kappa shape index (κ3) is 1.81. The van der Waals surface area contributed by atoms with Crippen molar-refractivity contribution in [1.82, 2.24) is 0 Å². The summed E-state index contributed by atoms with van der Waals surface area (Å²) in [5.41, 5.74) is 1.69. The summed E-state index contributed by atoms with van der Waals surface area (Å²) in [4.78, 5) is 0. The minimum Gasteiger partial charge on any atom is -0.507 e. The van der Waals surface area contributed by atoms with E-state index < -0.39 is 0 Å². The number of hydrogen-bond donors (Lipinski definition) is 1. The monoisotopic (exact) mass is 173 g/mol. The number of aromatic hydroxyl groups is 1. The fraction of sp³-hybridized carbons (Fsp3) is 0.0833. The summed E-state index contributed by atoms with van der Waals surface area (Å²) in [5.74, 6) is 0.225. The van der Waals surface area contributed by atoms with E-state index in [-0.39, 0.29) is 11.7 Å². The molecule has 0 aliphatic carbocycles. The first kappa shape index (κ1) is 9.59. The topological polar surface area (TPSA) is 20.2 Å². The zero-order valence-electron chi connectivity index (χ0n) is 7.53. The Kier molecular flexibility index (Phi) is 2.91. The van der Waals surface area contributed by atoms with Crippen molar-refractivity contribution >= 4 is 6.08 Å². The molecule has 0 saturated heterocycles. The Labute approximate surface area is 79.0 Å². The minimum atomic E-state index is -0.0138. The van der Waals surface area contributed by atoms with Crippen molar-refractivity contribution in [3.8, 4) is 5.75 Å². The fourth-order valence-electron chi connectivity index (χ4n) is 1.24. The SMILES string of the molecule is [CH2]C(C=C)c1cccc(O)c1C=C. The molecule has 0 bridgehead atoms. The second-order valence-electron chi connectivity index (χ2n) is 2.83. The number of benzene rings is 1. The lowest BCUT2D eigenvalue weighted by Gasteiger charge is -2.11. The normalized spacial score (nSPS) is 12.1. The summed E-state index contributed by atoms with van der Waals surface area (Å²) in [7, 11) is 0. The van der Waals surface area contributed by atoms with E-state index in [4.69, 9.17) is 0 Å². The van der Waals surface area contributed by atoms with Crippen LogP contribution in [0.3, 0.4) is 0 Å². The highest BCUT2D eigenvalue weighted by molar-refractivity contribution is 5.61. The van der Waals surface area contributed by atoms with Crippen LogP contribution < -0.4 is 0 Å². The van der Waals surface area contributed by atoms with Gasteiger partial charge in [0.25, 0.3) is 0 Å². The number of hydrogen-bond acceptors (Lipinski definition) is 1. The van der Waals surface area contributed by atoms with Crippen LogP contribution in [-0.4, -0.2) is 5.11 Å². The molecule has 1 N–H and O–H groups in total. The maximum absolute atomic E-state index is 9.50. The zero-order chi connectivity index (χ0) is 9.84. The van der Waals surface area contributed by atoms with Crippen molar-refractivity contribution in [3.63, 3.8) is 0 Å². The number of allylic oxidation sites excluding steroid dienone is 1. The number of phenols is 1. The lowest BCUT2D eigenvalue weighted by molar-refractivity contribution is 0.473. The number of rotatable bonds is 3. The molecule has 1 heteroatoms. The molecule has 0 aromatic heterocycles. The maximum atomic E-state index is 9.50. The highest BCUT2D eigenvalue weighted by atomic mass is 16.3. The summed E-state index contributed by atoms with van der Waals surface area (Å²) in [5, 5.41) is 9.50. The average Bonchev–Trinajstić information content (AvgIpc) is 2.16. The predicted octanol–water partition coefficient (Wildman–Crippen LogP) is 3.14. The van der Waals surface area contributed by atoms with Gasteiger partial charge in [-0.3, -0.25) is 0 Å². The van der Waals surface area contributed by atoms with Crippen molar-refractivity contribution in [2.75, 3.05) is 0 Å². The Morgan fingerprint density at radius 1 is 1.31 bits per heavy atom. The van der Waals surface area contributed by atoms with Gasteiger partial charge in [-0.1, -0.05) is 30.9 Å². The van der Waals surface area contributed by atoms with Gasteiger partial charge >= 0.3 is 0 Å². The molecule has 13 heavy (non-hydrogen) atoms. The molecule has 1 unspecified atom stereocenters. The van der Waals surface area contributed by atoms with Gasteiger partial charge in [0.05, 0.1) is 0 Å². The number of phenolic OH excluding ortho intramolecular Hbond substituents is 1. The maximum Gasteiger partial charge on any atom is 0.123 e. The summed E-state index contributed by atoms with van der Waals surface area (Å²) < 4.78 is 0. The molecule has 0 heterocycles. The van der Waals surface area contributed by atoms with Crippen LogP contribution in [0.4, 0.5) is 0 Å². The fourth-order valence-corrected chi connectivity index (χ4v) is 1.24. The Bertz CT molecular complexity index is 326. The van der Waals surface area contributed by atoms with Crippen LogP contribution in [0.1, 0.15) is 17.0 Å². The molecule has 1 aromatic carbocycles. The minimum absolute atomic E-state index is 0.0138. The summed E-state index contributed by atoms with van der Waals surface area (Å²) >= 11 is 0. The molecule has 0 spiro atoms. The van der Waals surface area contributed by atoms with Crippen LogP contribution in [0.15, 0.2) is 37.4 Å². The van der Waals surface area contributed by atoms with Crippen molar-refractivity contribution in [2.24, 2.45) is 0 Å². The first-order valence-electron chi connectivity index (χ1n) is 4.10. The van der Waals surface area contributed by atoms with Gasteiger partial charge in [0.1, 0.15) is 5.75 Å². The quantitative estimate of drug-likeness (QED) is 0.696. The predicted molar refractivity (Wildman–Crippen MR) is 56.5 cm³/mol. The van der Waals surface area contributed by atoms with E-state index in [1.165, 1.54) is 0 Å². The van der Waals surface area contributed by atoms with Crippen LogP contribution in [0, 0.1) is 6.92 Å². The van der Waals surface area contributed by atoms with E-state index in [1.54, 1.807) is 24.3 Å². The van der Waals surface area contributed by atoms with E-state index in [0.29, 0.717) is 0 Å². The van der Waals surface area contributed by atoms with Gasteiger partial charge < -0.3 is 5.11 Å². The van der Waals surface area contributed by atoms with Crippen LogP contribution in [0.2, 0.25) is 0 Å². The van der Waals surface area contributed by atoms with Crippen LogP contribution in [0.25, 0.3) is 6.08 Å². The Hall–Kier alpha value is -1.50. The van der Waals surface area contributed by atoms with Crippen LogP contribution >= 0.6 is 0 Å². The summed E-state index contributed by atoms with van der Waals surface area (Å²) in [6.07, 6.45) is 3.37. The average molecular weight is 173 g/mol. The lowest BCUT2D eigenvalue weighted by atomic mass is 9.95. The molecule has 0 fully saturated rings. The Balaban J connectivity index is 3.27. The molecule has 0 aliphatic heterocycles.